The summed E-state index contributed by atoms with van der Waals surface area (Å²) in [5, 5.41) is 14.8. The van der Waals surface area contributed by atoms with E-state index >= 15 is 0 Å². The molecule has 1 saturated heterocycles. The summed E-state index contributed by atoms with van der Waals surface area (Å²) in [4.78, 5) is 1.33. The van der Waals surface area contributed by atoms with Crippen molar-refractivity contribution < 1.29 is 9.76 Å². The van der Waals surface area contributed by atoms with Crippen molar-refractivity contribution >= 4 is 18.8 Å². The van der Waals surface area contributed by atoms with E-state index in [-0.39, 0.29) is 11.9 Å². The molecule has 2 atom stereocenters. The molecule has 0 radical (unpaired) electrons. The Morgan fingerprint density at radius 1 is 1.50 bits per heavy atom. The minimum Gasteiger partial charge on any atom is -0.513 e. The Hall–Kier alpha value is -1.20. The van der Waals surface area contributed by atoms with Crippen LogP contribution >= 0.6 is 11.3 Å². The fourth-order valence-corrected chi connectivity index (χ4v) is 3.26. The first-order valence-corrected chi connectivity index (χ1v) is 7.96. The van der Waals surface area contributed by atoms with E-state index in [4.69, 9.17) is 4.65 Å². The van der Waals surface area contributed by atoms with E-state index in [9.17, 15) is 5.11 Å². The summed E-state index contributed by atoms with van der Waals surface area (Å²) in [5.41, 5.74) is 1.05. The summed E-state index contributed by atoms with van der Waals surface area (Å²) < 4.78 is 5.84. The average Bonchev–Trinajstić information content (AvgIpc) is 2.78. The van der Waals surface area contributed by atoms with Crippen LogP contribution < -0.4 is 5.32 Å². The van der Waals surface area contributed by atoms with Crippen molar-refractivity contribution in [1.82, 2.24) is 5.32 Å². The molecule has 0 bridgehead atoms. The van der Waals surface area contributed by atoms with Gasteiger partial charge < -0.3 is 15.1 Å². The molecule has 1 aliphatic rings. The monoisotopic (exact) mass is 291 g/mol. The number of aliphatic hydroxyl groups excluding tert-OH is 1. The number of thiophene rings is 1. The molecule has 2 rings (SSSR count). The molecule has 1 aliphatic heterocycles. The largest absolute Gasteiger partial charge is 0.513 e. The van der Waals surface area contributed by atoms with Gasteiger partial charge in [0.25, 0.3) is 7.48 Å². The van der Waals surface area contributed by atoms with Crippen molar-refractivity contribution in [2.75, 3.05) is 0 Å². The van der Waals surface area contributed by atoms with Crippen molar-refractivity contribution in [2.24, 2.45) is 0 Å². The van der Waals surface area contributed by atoms with Crippen LogP contribution in [0.3, 0.4) is 0 Å². The molecule has 1 aromatic heterocycles. The molecule has 2 unspecified atom stereocenters. The van der Waals surface area contributed by atoms with Gasteiger partial charge in [0.2, 0.25) is 0 Å². The maximum atomic E-state index is 9.25. The fraction of sp³-hybridized carbons (Fsp3) is 0.467. The van der Waals surface area contributed by atoms with Gasteiger partial charge in [-0.05, 0) is 30.7 Å². The van der Waals surface area contributed by atoms with Crippen molar-refractivity contribution in [3.63, 3.8) is 0 Å². The van der Waals surface area contributed by atoms with Crippen LogP contribution in [-0.4, -0.2) is 24.6 Å². The second-order valence-electron chi connectivity index (χ2n) is 5.36. The molecule has 108 valence electrons. The van der Waals surface area contributed by atoms with E-state index in [1.54, 1.807) is 11.3 Å². The highest BCUT2D eigenvalue weighted by Crippen LogP contribution is 2.18. The van der Waals surface area contributed by atoms with Gasteiger partial charge in [-0.2, -0.15) is 0 Å². The third-order valence-electron chi connectivity index (χ3n) is 3.45. The van der Waals surface area contributed by atoms with E-state index in [0.29, 0.717) is 19.8 Å². The zero-order valence-corrected chi connectivity index (χ0v) is 12.6. The van der Waals surface area contributed by atoms with Gasteiger partial charge in [0, 0.05) is 35.5 Å². The van der Waals surface area contributed by atoms with Gasteiger partial charge in [-0.3, -0.25) is 0 Å². The van der Waals surface area contributed by atoms with Gasteiger partial charge in [0.1, 0.15) is 0 Å². The molecule has 0 aliphatic carbocycles. The summed E-state index contributed by atoms with van der Waals surface area (Å²) in [5.74, 6) is 0.530. The topological polar surface area (TPSA) is 41.5 Å². The number of hydrogen-bond acceptors (Lipinski definition) is 4. The van der Waals surface area contributed by atoms with Crippen LogP contribution in [0, 0.1) is 0 Å². The minimum absolute atomic E-state index is 0.102. The molecule has 0 saturated carbocycles. The lowest BCUT2D eigenvalue weighted by Crippen LogP contribution is -2.35. The summed E-state index contributed by atoms with van der Waals surface area (Å²) in [6, 6.07) is 4.19. The highest BCUT2D eigenvalue weighted by atomic mass is 32.1. The highest BCUT2D eigenvalue weighted by Gasteiger charge is 2.21. The second kappa shape index (κ2) is 7.55. The Balaban J connectivity index is 1.76. The van der Waals surface area contributed by atoms with E-state index in [1.165, 1.54) is 4.88 Å². The molecule has 0 aromatic carbocycles. The molecule has 0 spiro atoms. The lowest BCUT2D eigenvalue weighted by molar-refractivity contribution is 0.185. The van der Waals surface area contributed by atoms with Gasteiger partial charge >= 0.3 is 0 Å². The Kier molecular flexibility index (Phi) is 5.74. The number of aliphatic hydroxyl groups is 1. The molecule has 2 N–H and O–H groups in total. The Morgan fingerprint density at radius 2 is 2.35 bits per heavy atom. The van der Waals surface area contributed by atoms with E-state index < -0.39 is 0 Å². The first-order chi connectivity index (χ1) is 9.63. The normalized spacial score (nSPS) is 22.6. The number of rotatable bonds is 6. The molecule has 1 aromatic rings. The maximum Gasteiger partial charge on any atom is 0.297 e. The van der Waals surface area contributed by atoms with Crippen LogP contribution in [0.25, 0.3) is 0 Å². The third kappa shape index (κ3) is 5.06. The summed E-state index contributed by atoms with van der Waals surface area (Å²) in [6.07, 6.45) is 4.69. The van der Waals surface area contributed by atoms with Gasteiger partial charge in [0.05, 0.1) is 5.76 Å². The van der Waals surface area contributed by atoms with Crippen molar-refractivity contribution in [3.05, 3.63) is 47.0 Å². The number of hydrogen-bond donors (Lipinski definition) is 2. The molecule has 5 heteroatoms. The van der Waals surface area contributed by atoms with Gasteiger partial charge in [-0.15, -0.1) is 11.3 Å². The number of nitrogens with one attached hydrogen (secondary N) is 1. The van der Waals surface area contributed by atoms with Crippen LogP contribution in [0.5, 0.6) is 0 Å². The summed E-state index contributed by atoms with van der Waals surface area (Å²) in [7, 11) is 0.668. The van der Waals surface area contributed by atoms with Crippen LogP contribution in [0.2, 0.25) is 0 Å². The van der Waals surface area contributed by atoms with Gasteiger partial charge in [-0.25, -0.2) is 0 Å². The Bertz CT molecular complexity index is 447. The molecule has 20 heavy (non-hydrogen) atoms. The van der Waals surface area contributed by atoms with Crippen LogP contribution in [-0.2, 0) is 11.1 Å². The second-order valence-corrected chi connectivity index (χ2v) is 6.39. The standard InChI is InChI=1S/C15H22BNO2S/c1-11(9-14-6-4-8-20-14)17-15-7-3-5-13(19-16-15)10-12(2)18/h4,6,8,13,15-18H,1-3,5,7,9-10H2. The molecule has 0 amide bonds. The predicted molar refractivity (Wildman–Crippen MR) is 86.3 cm³/mol. The first-order valence-electron chi connectivity index (χ1n) is 7.08. The molecule has 3 nitrogen and oxygen atoms in total. The van der Waals surface area contributed by atoms with Crippen molar-refractivity contribution in [3.8, 4) is 0 Å². The van der Waals surface area contributed by atoms with Crippen LogP contribution in [0.4, 0.5) is 0 Å². The van der Waals surface area contributed by atoms with E-state index in [1.807, 2.05) is 0 Å². The smallest absolute Gasteiger partial charge is 0.297 e. The quantitative estimate of drug-likeness (QED) is 0.625. The SMILES string of the molecule is C=C(O)CC1CCCC(NC(=C)Cc2cccs2)BO1. The summed E-state index contributed by atoms with van der Waals surface area (Å²) >= 11 is 1.76. The highest BCUT2D eigenvalue weighted by molar-refractivity contribution is 7.09. The Morgan fingerprint density at radius 3 is 3.05 bits per heavy atom. The first kappa shape index (κ1) is 15.2. The molecular weight excluding hydrogens is 269 g/mol. The average molecular weight is 291 g/mol. The van der Waals surface area contributed by atoms with Crippen molar-refractivity contribution in [1.29, 1.82) is 0 Å². The third-order valence-corrected chi connectivity index (χ3v) is 4.33. The lowest BCUT2D eigenvalue weighted by Gasteiger charge is -2.18. The maximum absolute atomic E-state index is 9.25. The Labute approximate surface area is 125 Å². The molecule has 2 heterocycles. The van der Waals surface area contributed by atoms with Crippen LogP contribution in [0.15, 0.2) is 42.1 Å². The van der Waals surface area contributed by atoms with E-state index in [0.717, 1.165) is 31.4 Å². The predicted octanol–water partition coefficient (Wildman–Crippen LogP) is 3.10. The van der Waals surface area contributed by atoms with Gasteiger partial charge in [-0.1, -0.05) is 19.2 Å². The minimum atomic E-state index is 0.102. The van der Waals surface area contributed by atoms with Crippen LogP contribution in [0.1, 0.15) is 30.6 Å². The van der Waals surface area contributed by atoms with Gasteiger partial charge in [0.15, 0.2) is 0 Å². The zero-order chi connectivity index (χ0) is 14.4. The van der Waals surface area contributed by atoms with E-state index in [2.05, 4.69) is 36.0 Å². The zero-order valence-electron chi connectivity index (χ0n) is 11.8. The summed E-state index contributed by atoms with van der Waals surface area (Å²) in [6.45, 7) is 7.64. The fourth-order valence-electron chi connectivity index (χ4n) is 2.51. The number of allylic oxidation sites excluding steroid dienone is 1. The molecule has 1 fully saturated rings. The lowest BCUT2D eigenvalue weighted by atomic mass is 9.84. The molecular formula is C15H22BNO2S. The van der Waals surface area contributed by atoms with Crippen molar-refractivity contribution in [2.45, 2.75) is 44.1 Å².